The van der Waals surface area contributed by atoms with Gasteiger partial charge in [0.2, 0.25) is 11.8 Å². The zero-order chi connectivity index (χ0) is 30.6. The van der Waals surface area contributed by atoms with Crippen molar-refractivity contribution >= 4 is 40.7 Å². The zero-order valence-electron chi connectivity index (χ0n) is 24.2. The third-order valence-electron chi connectivity index (χ3n) is 8.21. The van der Waals surface area contributed by atoms with Crippen LogP contribution in [0.1, 0.15) is 42.9 Å². The lowest BCUT2D eigenvalue weighted by Crippen LogP contribution is -2.44. The Kier molecular flexibility index (Phi) is 9.30. The highest BCUT2D eigenvalue weighted by atomic mass is 35.5. The van der Waals surface area contributed by atoms with Crippen molar-refractivity contribution in [3.05, 3.63) is 107 Å². The van der Waals surface area contributed by atoms with Gasteiger partial charge in [-0.15, -0.1) is 0 Å². The number of benzene rings is 3. The lowest BCUT2D eigenvalue weighted by molar-refractivity contribution is -0.139. The van der Waals surface area contributed by atoms with Gasteiger partial charge >= 0.3 is 0 Å². The van der Waals surface area contributed by atoms with E-state index in [-0.39, 0.29) is 37.9 Å². The normalized spacial score (nSPS) is 18.9. The molecule has 3 aromatic carbocycles. The Labute approximate surface area is 256 Å². The maximum atomic E-state index is 13.9. The first-order valence-corrected chi connectivity index (χ1v) is 14.9. The molecule has 0 spiro atoms. The number of carbonyl (C=O) groups excluding carboxylic acids is 3. The number of aliphatic hydroxyl groups excluding tert-OH is 1. The van der Waals surface area contributed by atoms with E-state index in [1.54, 1.807) is 52.0 Å². The molecular weight excluding hydrogens is 566 g/mol. The number of rotatable bonds is 11. The first-order chi connectivity index (χ1) is 20.7. The average molecular weight is 602 g/mol. The summed E-state index contributed by atoms with van der Waals surface area (Å²) in [4.78, 5) is 43.9. The molecule has 224 valence electrons. The van der Waals surface area contributed by atoms with Gasteiger partial charge in [0.25, 0.3) is 5.91 Å². The van der Waals surface area contributed by atoms with Crippen LogP contribution < -0.4 is 9.80 Å². The van der Waals surface area contributed by atoms with Crippen molar-refractivity contribution in [1.82, 2.24) is 4.90 Å². The fourth-order valence-electron chi connectivity index (χ4n) is 5.82. The van der Waals surface area contributed by atoms with Gasteiger partial charge in [0, 0.05) is 54.7 Å². The highest BCUT2D eigenvalue weighted by molar-refractivity contribution is 6.31. The SMILES string of the molecule is C[C@@H](/C=C/CC(=O)N(CCO)Cc1ccccc1)[C@]1(O)C(=O)N(Cc2ccc(N3CCCC3=O)cc2)c2ccc(Cl)cc21. The predicted octanol–water partition coefficient (Wildman–Crippen LogP) is 4.80. The van der Waals surface area contributed by atoms with Crippen molar-refractivity contribution in [2.75, 3.05) is 29.5 Å². The maximum absolute atomic E-state index is 13.9. The smallest absolute Gasteiger partial charge is 0.264 e. The molecule has 3 aromatic rings. The van der Waals surface area contributed by atoms with Gasteiger partial charge in [-0.25, -0.2) is 0 Å². The van der Waals surface area contributed by atoms with E-state index >= 15 is 0 Å². The summed E-state index contributed by atoms with van der Waals surface area (Å²) >= 11 is 6.32. The minimum atomic E-state index is -1.88. The van der Waals surface area contributed by atoms with Crippen molar-refractivity contribution in [2.45, 2.75) is 44.9 Å². The lowest BCUT2D eigenvalue weighted by atomic mass is 9.83. The Balaban J connectivity index is 1.31. The molecule has 0 bridgehead atoms. The van der Waals surface area contributed by atoms with Crippen molar-refractivity contribution < 1.29 is 24.6 Å². The standard InChI is InChI=1S/C34H36ClN3O5/c1-24(7-5-10-31(40)36(19-20-39)22-25-8-3-2-4-9-25)34(43)29-21-27(35)14-17-30(29)38(33(34)42)23-26-12-15-28(16-13-26)37-18-6-11-32(37)41/h2-5,7-9,12-17,21,24,39,43H,6,10-11,18-20,22-23H2,1H3/b7-5+/t24-,34+/m0/s1. The summed E-state index contributed by atoms with van der Waals surface area (Å²) in [5, 5.41) is 21.8. The van der Waals surface area contributed by atoms with Gasteiger partial charge in [0.1, 0.15) is 0 Å². The number of hydrogen-bond acceptors (Lipinski definition) is 5. The molecule has 0 unspecified atom stereocenters. The quantitative estimate of drug-likeness (QED) is 0.307. The van der Waals surface area contributed by atoms with Crippen molar-refractivity contribution in [3.8, 4) is 0 Å². The molecule has 2 atom stereocenters. The van der Waals surface area contributed by atoms with Gasteiger partial charge in [0.05, 0.1) is 18.8 Å². The molecular formula is C34H36ClN3O5. The number of nitrogens with zero attached hydrogens (tertiary/aromatic N) is 3. The number of aliphatic hydroxyl groups is 2. The molecule has 0 aliphatic carbocycles. The number of carbonyl (C=O) groups is 3. The summed E-state index contributed by atoms with van der Waals surface area (Å²) in [6.45, 7) is 3.10. The van der Waals surface area contributed by atoms with Gasteiger partial charge in [-0.3, -0.25) is 14.4 Å². The Bertz CT molecular complexity index is 1510. The van der Waals surface area contributed by atoms with Crippen LogP contribution >= 0.6 is 11.6 Å². The first kappa shape index (κ1) is 30.5. The summed E-state index contributed by atoms with van der Waals surface area (Å²) in [6.07, 6.45) is 4.80. The van der Waals surface area contributed by atoms with E-state index in [1.165, 1.54) is 0 Å². The molecule has 1 saturated heterocycles. The summed E-state index contributed by atoms with van der Waals surface area (Å²) < 4.78 is 0. The molecule has 2 heterocycles. The van der Waals surface area contributed by atoms with Crippen LogP contribution in [0.25, 0.3) is 0 Å². The number of amides is 3. The average Bonchev–Trinajstić information content (AvgIpc) is 3.53. The second kappa shape index (κ2) is 13.1. The molecule has 3 amide bonds. The molecule has 1 fully saturated rings. The lowest BCUT2D eigenvalue weighted by Gasteiger charge is -2.28. The van der Waals surface area contributed by atoms with E-state index in [0.29, 0.717) is 35.8 Å². The summed E-state index contributed by atoms with van der Waals surface area (Å²) in [7, 11) is 0. The highest BCUT2D eigenvalue weighted by Crippen LogP contribution is 2.46. The Hall–Kier alpha value is -3.98. The van der Waals surface area contributed by atoms with Crippen molar-refractivity contribution in [3.63, 3.8) is 0 Å². The summed E-state index contributed by atoms with van der Waals surface area (Å²) in [5.41, 5.74) is 1.75. The van der Waals surface area contributed by atoms with E-state index in [0.717, 1.165) is 23.2 Å². The molecule has 2 N–H and O–H groups in total. The van der Waals surface area contributed by atoms with Gasteiger partial charge in [-0.2, -0.15) is 0 Å². The van der Waals surface area contributed by atoms with E-state index in [4.69, 9.17) is 11.6 Å². The Morgan fingerprint density at radius 1 is 1.07 bits per heavy atom. The van der Waals surface area contributed by atoms with Crippen LogP contribution in [-0.4, -0.2) is 52.5 Å². The predicted molar refractivity (Wildman–Crippen MR) is 166 cm³/mol. The molecule has 8 nitrogen and oxygen atoms in total. The van der Waals surface area contributed by atoms with Gasteiger partial charge in [-0.05, 0) is 47.9 Å². The Morgan fingerprint density at radius 2 is 1.81 bits per heavy atom. The van der Waals surface area contributed by atoms with Gasteiger partial charge in [0.15, 0.2) is 5.60 Å². The molecule has 2 aliphatic heterocycles. The van der Waals surface area contributed by atoms with E-state index < -0.39 is 17.4 Å². The largest absolute Gasteiger partial charge is 0.395 e. The van der Waals surface area contributed by atoms with E-state index in [1.807, 2.05) is 54.6 Å². The second-order valence-corrected chi connectivity index (χ2v) is 11.5. The van der Waals surface area contributed by atoms with Crippen LogP contribution in [0.2, 0.25) is 5.02 Å². The molecule has 2 aliphatic rings. The van der Waals surface area contributed by atoms with E-state index in [9.17, 15) is 24.6 Å². The molecule has 5 rings (SSSR count). The Morgan fingerprint density at radius 3 is 2.49 bits per heavy atom. The van der Waals surface area contributed by atoms with Gasteiger partial charge in [-0.1, -0.05) is 73.1 Å². The number of hydrogen-bond donors (Lipinski definition) is 2. The van der Waals surface area contributed by atoms with Crippen LogP contribution in [0.3, 0.4) is 0 Å². The summed E-state index contributed by atoms with van der Waals surface area (Å²) in [6, 6.07) is 22.2. The second-order valence-electron chi connectivity index (χ2n) is 11.1. The molecule has 0 aromatic heterocycles. The number of halogens is 1. The van der Waals surface area contributed by atoms with Crippen LogP contribution in [-0.2, 0) is 33.1 Å². The topological polar surface area (TPSA) is 101 Å². The van der Waals surface area contributed by atoms with Crippen molar-refractivity contribution in [2.24, 2.45) is 5.92 Å². The number of anilines is 2. The highest BCUT2D eigenvalue weighted by Gasteiger charge is 2.52. The monoisotopic (exact) mass is 601 g/mol. The minimum absolute atomic E-state index is 0.0550. The van der Waals surface area contributed by atoms with E-state index in [2.05, 4.69) is 0 Å². The van der Waals surface area contributed by atoms with Crippen molar-refractivity contribution in [1.29, 1.82) is 0 Å². The van der Waals surface area contributed by atoms with Gasteiger partial charge < -0.3 is 24.9 Å². The fourth-order valence-corrected chi connectivity index (χ4v) is 5.99. The van der Waals surface area contributed by atoms with Crippen LogP contribution in [0.5, 0.6) is 0 Å². The minimum Gasteiger partial charge on any atom is -0.395 e. The fraction of sp³-hybridized carbons (Fsp3) is 0.324. The molecule has 43 heavy (non-hydrogen) atoms. The summed E-state index contributed by atoms with van der Waals surface area (Å²) in [5.74, 6) is -1.20. The number of fused-ring (bicyclic) bond motifs is 1. The molecule has 9 heteroatoms. The molecule has 0 saturated carbocycles. The third kappa shape index (κ3) is 6.37. The first-order valence-electron chi connectivity index (χ1n) is 14.5. The third-order valence-corrected chi connectivity index (χ3v) is 8.44. The zero-order valence-corrected chi connectivity index (χ0v) is 24.9. The van der Waals surface area contributed by atoms with Crippen LogP contribution in [0.4, 0.5) is 11.4 Å². The van der Waals surface area contributed by atoms with Crippen LogP contribution in [0, 0.1) is 5.92 Å². The molecule has 0 radical (unpaired) electrons. The van der Waals surface area contributed by atoms with Crippen LogP contribution in [0.15, 0.2) is 84.9 Å². The maximum Gasteiger partial charge on any atom is 0.264 e.